The largest absolute Gasteiger partial charge is 0.494 e. The molecule has 3 atom stereocenters. The van der Waals surface area contributed by atoms with Crippen molar-refractivity contribution in [2.75, 3.05) is 11.9 Å². The van der Waals surface area contributed by atoms with Gasteiger partial charge in [0, 0.05) is 11.8 Å². The predicted octanol–water partition coefficient (Wildman–Crippen LogP) is 3.49. The Labute approximate surface area is 169 Å². The number of rotatable bonds is 8. The molecule has 0 heterocycles. The second kappa shape index (κ2) is 9.30. The molecule has 7 heteroatoms. The molecule has 1 aliphatic carbocycles. The van der Waals surface area contributed by atoms with Gasteiger partial charge in [-0.2, -0.15) is 5.26 Å². The maximum atomic E-state index is 12.0. The summed E-state index contributed by atoms with van der Waals surface area (Å²) in [5.74, 6) is -0.0972. The minimum Gasteiger partial charge on any atom is -0.494 e. The number of aliphatic hydroxyl groups is 1. The van der Waals surface area contributed by atoms with Gasteiger partial charge in [0.15, 0.2) is 6.04 Å². The number of anilines is 1. The fourth-order valence-electron chi connectivity index (χ4n) is 3.39. The average Bonchev–Trinajstić information content (AvgIpc) is 3.11. The Bertz CT molecular complexity index is 891. The van der Waals surface area contributed by atoms with Crippen LogP contribution in [0.5, 0.6) is 11.5 Å². The number of benzene rings is 2. The van der Waals surface area contributed by atoms with Crippen LogP contribution in [-0.4, -0.2) is 35.0 Å². The normalized spacial score (nSPS) is 19.2. The van der Waals surface area contributed by atoms with E-state index in [-0.39, 0.29) is 6.10 Å². The Kier molecular flexibility index (Phi) is 6.57. The number of carboxylic acid groups (broad SMARTS) is 1. The summed E-state index contributed by atoms with van der Waals surface area (Å²) in [5.41, 5.74) is 1.54. The molecule has 7 nitrogen and oxygen atoms in total. The maximum absolute atomic E-state index is 12.0. The van der Waals surface area contributed by atoms with E-state index < -0.39 is 18.1 Å². The van der Waals surface area contributed by atoms with E-state index >= 15 is 0 Å². The molecule has 29 heavy (non-hydrogen) atoms. The van der Waals surface area contributed by atoms with Crippen LogP contribution in [0, 0.1) is 11.3 Å². The van der Waals surface area contributed by atoms with Gasteiger partial charge in [-0.05, 0) is 68.1 Å². The van der Waals surface area contributed by atoms with Crippen molar-refractivity contribution in [3.05, 3.63) is 53.6 Å². The molecule has 1 fully saturated rings. The van der Waals surface area contributed by atoms with Crippen LogP contribution in [0.25, 0.3) is 0 Å². The number of carboxylic acids is 1. The molecule has 152 valence electrons. The van der Waals surface area contributed by atoms with Crippen molar-refractivity contribution in [2.24, 2.45) is 0 Å². The van der Waals surface area contributed by atoms with E-state index in [4.69, 9.17) is 14.7 Å². The van der Waals surface area contributed by atoms with Crippen LogP contribution in [0.3, 0.4) is 0 Å². The molecule has 3 rings (SSSR count). The molecule has 0 saturated heterocycles. The lowest BCUT2D eigenvalue weighted by atomic mass is 10.1. The summed E-state index contributed by atoms with van der Waals surface area (Å²) in [4.78, 5) is 12.0. The molecule has 1 saturated carbocycles. The Morgan fingerprint density at radius 3 is 2.55 bits per heavy atom. The van der Waals surface area contributed by atoms with Gasteiger partial charge in [0.1, 0.15) is 17.6 Å². The van der Waals surface area contributed by atoms with Crippen molar-refractivity contribution in [3.63, 3.8) is 0 Å². The SMILES string of the molecule is CCOc1cc(OC2CCCC2O)cc(C(Nc2ccc(C#N)cc2)C(=O)O)c1. The topological polar surface area (TPSA) is 112 Å². The second-order valence-corrected chi connectivity index (χ2v) is 6.93. The van der Waals surface area contributed by atoms with E-state index in [2.05, 4.69) is 5.32 Å². The number of aliphatic hydroxyl groups excluding tert-OH is 1. The number of nitriles is 1. The molecule has 0 aliphatic heterocycles. The summed E-state index contributed by atoms with van der Waals surface area (Å²) in [6.07, 6.45) is 1.50. The van der Waals surface area contributed by atoms with Crippen molar-refractivity contribution < 1.29 is 24.5 Å². The Hall–Kier alpha value is -3.24. The number of carbonyl (C=O) groups is 1. The number of hydrogen-bond acceptors (Lipinski definition) is 6. The van der Waals surface area contributed by atoms with Crippen LogP contribution in [-0.2, 0) is 4.79 Å². The lowest BCUT2D eigenvalue weighted by molar-refractivity contribution is -0.138. The number of ether oxygens (including phenoxy) is 2. The van der Waals surface area contributed by atoms with E-state index in [9.17, 15) is 15.0 Å². The fourth-order valence-corrected chi connectivity index (χ4v) is 3.39. The Balaban J connectivity index is 1.89. The zero-order valence-corrected chi connectivity index (χ0v) is 16.2. The standard InChI is InChI=1S/C22H24N2O5/c1-2-28-17-10-15(11-18(12-17)29-20-5-3-4-19(20)25)21(22(26)27)24-16-8-6-14(13-23)7-9-16/h6-12,19-21,24-25H,2-5H2,1H3,(H,26,27). The minimum absolute atomic E-state index is 0.311. The summed E-state index contributed by atoms with van der Waals surface area (Å²) in [5, 5.41) is 31.7. The van der Waals surface area contributed by atoms with Gasteiger partial charge in [-0.3, -0.25) is 0 Å². The van der Waals surface area contributed by atoms with Crippen molar-refractivity contribution in [2.45, 2.75) is 44.4 Å². The van der Waals surface area contributed by atoms with Gasteiger partial charge >= 0.3 is 5.97 Å². The first-order valence-corrected chi connectivity index (χ1v) is 9.62. The minimum atomic E-state index is -1.06. The van der Waals surface area contributed by atoms with E-state index in [1.165, 1.54) is 0 Å². The van der Waals surface area contributed by atoms with Crippen LogP contribution in [0.15, 0.2) is 42.5 Å². The first-order valence-electron chi connectivity index (χ1n) is 9.62. The third kappa shape index (κ3) is 5.18. The van der Waals surface area contributed by atoms with Crippen LogP contribution in [0.4, 0.5) is 5.69 Å². The van der Waals surface area contributed by atoms with Crippen molar-refractivity contribution >= 4 is 11.7 Å². The number of hydrogen-bond donors (Lipinski definition) is 3. The molecule has 3 unspecified atom stereocenters. The summed E-state index contributed by atoms with van der Waals surface area (Å²) < 4.78 is 11.5. The predicted molar refractivity (Wildman–Crippen MR) is 107 cm³/mol. The van der Waals surface area contributed by atoms with Crippen LogP contribution in [0.2, 0.25) is 0 Å². The van der Waals surface area contributed by atoms with Gasteiger partial charge in [0.25, 0.3) is 0 Å². The van der Waals surface area contributed by atoms with Gasteiger partial charge in [0.05, 0.1) is 24.3 Å². The molecule has 0 radical (unpaired) electrons. The van der Waals surface area contributed by atoms with Crippen LogP contribution in [0.1, 0.15) is 43.4 Å². The van der Waals surface area contributed by atoms with Gasteiger partial charge in [-0.15, -0.1) is 0 Å². The quantitative estimate of drug-likeness (QED) is 0.626. The lowest BCUT2D eigenvalue weighted by Gasteiger charge is -2.21. The highest BCUT2D eigenvalue weighted by Crippen LogP contribution is 2.32. The number of nitrogens with one attached hydrogen (secondary N) is 1. The van der Waals surface area contributed by atoms with Crippen molar-refractivity contribution in [1.29, 1.82) is 5.26 Å². The van der Waals surface area contributed by atoms with E-state index in [0.29, 0.717) is 41.3 Å². The average molecular weight is 396 g/mol. The van der Waals surface area contributed by atoms with Gasteiger partial charge in [-0.25, -0.2) is 4.79 Å². The highest BCUT2D eigenvalue weighted by Gasteiger charge is 2.28. The monoisotopic (exact) mass is 396 g/mol. The van der Waals surface area contributed by atoms with Crippen molar-refractivity contribution in [3.8, 4) is 17.6 Å². The maximum Gasteiger partial charge on any atom is 0.330 e. The van der Waals surface area contributed by atoms with E-state index in [1.807, 2.05) is 13.0 Å². The summed E-state index contributed by atoms with van der Waals surface area (Å²) in [6, 6.07) is 12.6. The summed E-state index contributed by atoms with van der Waals surface area (Å²) in [7, 11) is 0. The molecule has 1 aliphatic rings. The van der Waals surface area contributed by atoms with E-state index in [1.54, 1.807) is 42.5 Å². The first kappa shape index (κ1) is 20.5. The third-order valence-corrected chi connectivity index (χ3v) is 4.82. The van der Waals surface area contributed by atoms with E-state index in [0.717, 1.165) is 12.8 Å². The highest BCUT2D eigenvalue weighted by atomic mass is 16.5. The second-order valence-electron chi connectivity index (χ2n) is 6.93. The number of aliphatic carboxylic acids is 1. The number of nitrogens with zero attached hydrogens (tertiary/aromatic N) is 1. The molecule has 2 aromatic carbocycles. The molecule has 0 amide bonds. The fraction of sp³-hybridized carbons (Fsp3) is 0.364. The van der Waals surface area contributed by atoms with Crippen LogP contribution < -0.4 is 14.8 Å². The van der Waals surface area contributed by atoms with Gasteiger partial charge in [0.2, 0.25) is 0 Å². The highest BCUT2D eigenvalue weighted by molar-refractivity contribution is 5.79. The molecule has 0 bridgehead atoms. The molecule has 0 aromatic heterocycles. The zero-order chi connectivity index (χ0) is 20.8. The first-order chi connectivity index (χ1) is 14.0. The van der Waals surface area contributed by atoms with Crippen molar-refractivity contribution in [1.82, 2.24) is 0 Å². The third-order valence-electron chi connectivity index (χ3n) is 4.82. The molecular weight excluding hydrogens is 372 g/mol. The van der Waals surface area contributed by atoms with Crippen LogP contribution >= 0.6 is 0 Å². The van der Waals surface area contributed by atoms with Gasteiger partial charge in [-0.1, -0.05) is 0 Å². The lowest BCUT2D eigenvalue weighted by Crippen LogP contribution is -2.26. The molecule has 3 N–H and O–H groups in total. The summed E-state index contributed by atoms with van der Waals surface area (Å²) >= 11 is 0. The molecule has 2 aromatic rings. The molecular formula is C22H24N2O5. The van der Waals surface area contributed by atoms with Gasteiger partial charge < -0.3 is 25.0 Å². The summed E-state index contributed by atoms with van der Waals surface area (Å²) in [6.45, 7) is 2.27. The Morgan fingerprint density at radius 2 is 1.97 bits per heavy atom. The molecule has 0 spiro atoms. The smallest absolute Gasteiger partial charge is 0.330 e. The zero-order valence-electron chi connectivity index (χ0n) is 16.2. The Morgan fingerprint density at radius 1 is 1.24 bits per heavy atom.